The normalized spacial score (nSPS) is 11.1. The summed E-state index contributed by atoms with van der Waals surface area (Å²) in [6.07, 6.45) is 1.59. The predicted octanol–water partition coefficient (Wildman–Crippen LogP) is 4.54. The number of hydrogen-bond acceptors (Lipinski definition) is 6. The SMILES string of the molecule is C=CCOc1cc(Br)cc(S(=O)(=O)c2cc(C(=S)OC)sc2C)c1. The van der Waals surface area contributed by atoms with Crippen LogP contribution in [0, 0.1) is 6.92 Å². The molecule has 2 aromatic rings. The Hall–Kier alpha value is -1.22. The number of rotatable bonds is 6. The molecular formula is C16H15BrO4S3. The highest BCUT2D eigenvalue weighted by Crippen LogP contribution is 2.34. The van der Waals surface area contributed by atoms with Crippen molar-refractivity contribution in [2.45, 2.75) is 16.7 Å². The fraction of sp³-hybridized carbons (Fsp3) is 0.188. The highest BCUT2D eigenvalue weighted by atomic mass is 79.9. The molecule has 4 nitrogen and oxygen atoms in total. The molecule has 0 saturated carbocycles. The third-order valence-corrected chi connectivity index (χ3v) is 7.08. The second-order valence-corrected chi connectivity index (χ2v) is 9.21. The molecule has 0 aliphatic heterocycles. The van der Waals surface area contributed by atoms with Crippen molar-refractivity contribution in [1.29, 1.82) is 0 Å². The average molecular weight is 447 g/mol. The van der Waals surface area contributed by atoms with E-state index in [1.54, 1.807) is 31.2 Å². The zero-order valence-corrected chi connectivity index (χ0v) is 17.1. The van der Waals surface area contributed by atoms with E-state index < -0.39 is 9.84 Å². The molecule has 0 bridgehead atoms. The van der Waals surface area contributed by atoms with Gasteiger partial charge in [-0.2, -0.15) is 0 Å². The maximum atomic E-state index is 13.0. The van der Waals surface area contributed by atoms with Crippen LogP contribution in [0.1, 0.15) is 9.75 Å². The minimum atomic E-state index is -3.70. The maximum absolute atomic E-state index is 13.0. The Bertz CT molecular complexity index is 885. The molecule has 0 radical (unpaired) electrons. The number of aryl methyl sites for hydroxylation is 1. The summed E-state index contributed by atoms with van der Waals surface area (Å²) in [5.41, 5.74) is 0. The zero-order valence-electron chi connectivity index (χ0n) is 13.0. The van der Waals surface area contributed by atoms with E-state index in [1.165, 1.54) is 24.5 Å². The molecular weight excluding hydrogens is 432 g/mol. The van der Waals surface area contributed by atoms with Crippen LogP contribution in [0.4, 0.5) is 0 Å². The minimum Gasteiger partial charge on any atom is -0.489 e. The van der Waals surface area contributed by atoms with Crippen molar-refractivity contribution in [3.8, 4) is 5.75 Å². The van der Waals surface area contributed by atoms with Crippen molar-refractivity contribution in [3.05, 3.63) is 51.1 Å². The Kier molecular flexibility index (Phi) is 6.19. The Morgan fingerprint density at radius 2 is 2.08 bits per heavy atom. The van der Waals surface area contributed by atoms with Crippen molar-refractivity contribution < 1.29 is 17.9 Å². The van der Waals surface area contributed by atoms with Crippen molar-refractivity contribution >= 4 is 54.4 Å². The number of ether oxygens (including phenoxy) is 2. The predicted molar refractivity (Wildman–Crippen MR) is 103 cm³/mol. The van der Waals surface area contributed by atoms with Crippen LogP contribution in [0.2, 0.25) is 0 Å². The fourth-order valence-corrected chi connectivity index (χ4v) is 5.62. The summed E-state index contributed by atoms with van der Waals surface area (Å²) >= 11 is 9.69. The largest absolute Gasteiger partial charge is 0.489 e. The molecule has 1 heterocycles. The maximum Gasteiger partial charge on any atom is 0.207 e. The van der Waals surface area contributed by atoms with Gasteiger partial charge >= 0.3 is 0 Å². The van der Waals surface area contributed by atoms with E-state index in [2.05, 4.69) is 22.5 Å². The number of hydrogen-bond donors (Lipinski definition) is 0. The van der Waals surface area contributed by atoms with E-state index in [9.17, 15) is 8.42 Å². The first-order valence-corrected chi connectivity index (χ1v) is 10.3. The van der Waals surface area contributed by atoms with Crippen LogP contribution >= 0.6 is 39.5 Å². The lowest BCUT2D eigenvalue weighted by Gasteiger charge is -2.09. The van der Waals surface area contributed by atoms with Crippen molar-refractivity contribution in [2.24, 2.45) is 0 Å². The van der Waals surface area contributed by atoms with Crippen LogP contribution in [0.25, 0.3) is 0 Å². The first-order chi connectivity index (χ1) is 11.3. The lowest BCUT2D eigenvalue weighted by molar-refractivity contribution is 0.362. The summed E-state index contributed by atoms with van der Waals surface area (Å²) in [7, 11) is -2.24. The molecule has 0 aliphatic carbocycles. The molecule has 0 atom stereocenters. The van der Waals surface area contributed by atoms with E-state index in [0.717, 1.165) is 0 Å². The van der Waals surface area contributed by atoms with Crippen LogP contribution in [0.3, 0.4) is 0 Å². The zero-order chi connectivity index (χ0) is 17.9. The summed E-state index contributed by atoms with van der Waals surface area (Å²) in [5, 5.41) is 0.272. The van der Waals surface area contributed by atoms with Gasteiger partial charge in [-0.1, -0.05) is 28.6 Å². The van der Waals surface area contributed by atoms with Crippen LogP contribution < -0.4 is 4.74 Å². The molecule has 1 aromatic carbocycles. The van der Waals surface area contributed by atoms with Crippen molar-refractivity contribution in [3.63, 3.8) is 0 Å². The topological polar surface area (TPSA) is 52.6 Å². The van der Waals surface area contributed by atoms with Gasteiger partial charge in [-0.05, 0) is 43.4 Å². The Morgan fingerprint density at radius 3 is 2.71 bits per heavy atom. The summed E-state index contributed by atoms with van der Waals surface area (Å²) in [4.78, 5) is 1.63. The Morgan fingerprint density at radius 1 is 1.38 bits per heavy atom. The van der Waals surface area contributed by atoms with E-state index >= 15 is 0 Å². The molecule has 0 amide bonds. The molecule has 1 aromatic heterocycles. The molecule has 0 fully saturated rings. The smallest absolute Gasteiger partial charge is 0.207 e. The van der Waals surface area contributed by atoms with E-state index in [1.807, 2.05) is 0 Å². The van der Waals surface area contributed by atoms with E-state index in [0.29, 0.717) is 26.6 Å². The molecule has 24 heavy (non-hydrogen) atoms. The second-order valence-electron chi connectivity index (χ2n) is 4.75. The third-order valence-electron chi connectivity index (χ3n) is 3.07. The number of benzene rings is 1. The molecule has 0 saturated heterocycles. The highest BCUT2D eigenvalue weighted by molar-refractivity contribution is 9.10. The molecule has 128 valence electrons. The van der Waals surface area contributed by atoms with Gasteiger partial charge in [-0.15, -0.1) is 11.3 Å². The first kappa shape index (κ1) is 19.1. The molecule has 2 rings (SSSR count). The number of halogens is 1. The standard InChI is InChI=1S/C16H15BrO4S3/c1-4-5-21-12-6-11(17)7-13(8-12)24(18,19)15-9-14(16(22)20-3)23-10(15)2/h4,6-9H,1,5H2,2-3H3. The van der Waals surface area contributed by atoms with Crippen LogP contribution in [-0.2, 0) is 14.6 Å². The van der Waals surface area contributed by atoms with Gasteiger partial charge in [0, 0.05) is 9.35 Å². The van der Waals surface area contributed by atoms with Gasteiger partial charge in [0.25, 0.3) is 0 Å². The van der Waals surface area contributed by atoms with Gasteiger partial charge in [-0.25, -0.2) is 8.42 Å². The van der Waals surface area contributed by atoms with Crippen LogP contribution in [-0.4, -0.2) is 27.2 Å². The number of methoxy groups -OCH3 is 1. The third kappa shape index (κ3) is 4.05. The highest BCUT2D eigenvalue weighted by Gasteiger charge is 2.24. The van der Waals surface area contributed by atoms with Gasteiger partial charge < -0.3 is 9.47 Å². The minimum absolute atomic E-state index is 0.145. The summed E-state index contributed by atoms with van der Waals surface area (Å²) in [6.45, 7) is 5.61. The van der Waals surface area contributed by atoms with E-state index in [-0.39, 0.29) is 14.8 Å². The monoisotopic (exact) mass is 446 g/mol. The van der Waals surface area contributed by atoms with Gasteiger partial charge in [-0.3, -0.25) is 0 Å². The fourth-order valence-electron chi connectivity index (χ4n) is 1.99. The molecule has 0 spiro atoms. The van der Waals surface area contributed by atoms with Gasteiger partial charge in [0.15, 0.2) is 0 Å². The van der Waals surface area contributed by atoms with E-state index in [4.69, 9.17) is 21.7 Å². The first-order valence-electron chi connectivity index (χ1n) is 6.77. The van der Waals surface area contributed by atoms with Gasteiger partial charge in [0.2, 0.25) is 14.9 Å². The molecule has 0 aliphatic rings. The van der Waals surface area contributed by atoms with Crippen molar-refractivity contribution in [2.75, 3.05) is 13.7 Å². The lowest BCUT2D eigenvalue weighted by atomic mass is 10.3. The van der Waals surface area contributed by atoms with Crippen LogP contribution in [0.15, 0.2) is 51.2 Å². The number of thiocarbonyl (C=S) groups is 1. The average Bonchev–Trinajstić information content (AvgIpc) is 2.94. The number of thiophene rings is 1. The summed E-state index contributed by atoms with van der Waals surface area (Å²) in [5.74, 6) is 0.448. The lowest BCUT2D eigenvalue weighted by Crippen LogP contribution is -2.04. The quantitative estimate of drug-likeness (QED) is 0.481. The summed E-state index contributed by atoms with van der Waals surface area (Å²) < 4.78 is 37.0. The molecule has 0 N–H and O–H groups in total. The van der Waals surface area contributed by atoms with Crippen LogP contribution in [0.5, 0.6) is 5.75 Å². The molecule has 0 unspecified atom stereocenters. The second kappa shape index (κ2) is 7.77. The van der Waals surface area contributed by atoms with Crippen molar-refractivity contribution in [1.82, 2.24) is 0 Å². The Labute approximate surface area is 159 Å². The van der Waals surface area contributed by atoms with Gasteiger partial charge in [0.1, 0.15) is 12.4 Å². The summed E-state index contributed by atoms with van der Waals surface area (Å²) in [6, 6.07) is 6.29. The number of sulfone groups is 1. The molecule has 8 heteroatoms. The Balaban J connectivity index is 2.51. The van der Waals surface area contributed by atoms with Gasteiger partial charge in [0.05, 0.1) is 21.8 Å².